The van der Waals surface area contributed by atoms with E-state index < -0.39 is 0 Å². The Balaban J connectivity index is 1.72. The van der Waals surface area contributed by atoms with E-state index >= 15 is 0 Å². The van der Waals surface area contributed by atoms with Crippen LogP contribution in [0, 0.1) is 0 Å². The van der Waals surface area contributed by atoms with Gasteiger partial charge in [0.2, 0.25) is 5.91 Å². The minimum atomic E-state index is -0.0582. The lowest BCUT2D eigenvalue weighted by Crippen LogP contribution is -2.15. The highest BCUT2D eigenvalue weighted by atomic mass is 32.2. The zero-order valence-corrected chi connectivity index (χ0v) is 16.3. The molecule has 3 aromatic rings. The van der Waals surface area contributed by atoms with Crippen molar-refractivity contribution in [1.29, 1.82) is 0 Å². The van der Waals surface area contributed by atoms with Gasteiger partial charge in [-0.05, 0) is 30.5 Å². The van der Waals surface area contributed by atoms with Gasteiger partial charge >= 0.3 is 0 Å². The van der Waals surface area contributed by atoms with E-state index in [2.05, 4.69) is 15.5 Å². The number of nitrogens with one attached hydrogen (secondary N) is 1. The fourth-order valence-corrected chi connectivity index (χ4v) is 3.85. The number of rotatable bonds is 7. The average Bonchev–Trinajstić information content (AvgIpc) is 3.10. The molecule has 3 rings (SSSR count). The normalized spacial score (nSPS) is 10.7. The summed E-state index contributed by atoms with van der Waals surface area (Å²) in [4.78, 5) is 13.4. The first-order valence-corrected chi connectivity index (χ1v) is 10.5. The summed E-state index contributed by atoms with van der Waals surface area (Å²) in [6.45, 7) is 2.05. The van der Waals surface area contributed by atoms with Crippen LogP contribution in [0.1, 0.15) is 12.7 Å². The van der Waals surface area contributed by atoms with Crippen LogP contribution in [0.2, 0.25) is 0 Å². The number of carbonyl (C=O) groups is 1. The number of aryl methyl sites for hydroxylation is 1. The average molecular weight is 385 g/mol. The van der Waals surface area contributed by atoms with Crippen LogP contribution in [0.15, 0.2) is 64.6 Å². The van der Waals surface area contributed by atoms with Crippen LogP contribution in [0.5, 0.6) is 0 Å². The highest BCUT2D eigenvalue weighted by Crippen LogP contribution is 2.26. The number of carbonyl (C=O) groups excluding carboxylic acids is 1. The molecule has 0 atom stereocenters. The zero-order chi connectivity index (χ0) is 18.4. The van der Waals surface area contributed by atoms with E-state index in [0.717, 1.165) is 33.7 Å². The molecule has 0 unspecified atom stereocenters. The van der Waals surface area contributed by atoms with Crippen LogP contribution >= 0.6 is 23.5 Å². The molecule has 1 N–H and O–H groups in total. The standard InChI is InChI=1S/C19H20N4OS2/c1-3-17-21-22-19(23(17)14-9-5-4-6-10-14)26-13-18(24)20-15-11-7-8-12-16(15)25-2/h4-12H,3,13H2,1-2H3,(H,20,24). The van der Waals surface area contributed by atoms with Gasteiger partial charge in [-0.1, -0.05) is 49.0 Å². The summed E-state index contributed by atoms with van der Waals surface area (Å²) in [5.41, 5.74) is 1.84. The van der Waals surface area contributed by atoms with Crippen molar-refractivity contribution in [3.8, 4) is 5.69 Å². The highest BCUT2D eigenvalue weighted by molar-refractivity contribution is 7.99. The van der Waals surface area contributed by atoms with E-state index in [1.807, 2.05) is 72.3 Å². The summed E-state index contributed by atoms with van der Waals surface area (Å²) in [7, 11) is 0. The third kappa shape index (κ3) is 4.28. The van der Waals surface area contributed by atoms with Gasteiger partial charge in [-0.25, -0.2) is 0 Å². The van der Waals surface area contributed by atoms with Crippen molar-refractivity contribution in [2.24, 2.45) is 0 Å². The molecule has 0 aliphatic carbocycles. The molecule has 5 nitrogen and oxygen atoms in total. The SMILES string of the molecule is CCc1nnc(SCC(=O)Nc2ccccc2SC)n1-c1ccccc1. The summed E-state index contributed by atoms with van der Waals surface area (Å²) in [5.74, 6) is 1.10. The Kier molecular flexibility index (Phi) is 6.35. The molecule has 1 aromatic heterocycles. The first kappa shape index (κ1) is 18.5. The summed E-state index contributed by atoms with van der Waals surface area (Å²) >= 11 is 3.00. The Morgan fingerprint density at radius 1 is 1.08 bits per heavy atom. The summed E-state index contributed by atoms with van der Waals surface area (Å²) in [6, 6.07) is 17.8. The van der Waals surface area contributed by atoms with E-state index in [9.17, 15) is 4.79 Å². The van der Waals surface area contributed by atoms with Crippen LogP contribution in [0.25, 0.3) is 5.69 Å². The molecule has 2 aromatic carbocycles. The highest BCUT2D eigenvalue weighted by Gasteiger charge is 2.15. The number of para-hydroxylation sites is 2. The fourth-order valence-electron chi connectivity index (χ4n) is 2.52. The van der Waals surface area contributed by atoms with Crippen molar-refractivity contribution in [3.63, 3.8) is 0 Å². The lowest BCUT2D eigenvalue weighted by Gasteiger charge is -2.10. The van der Waals surface area contributed by atoms with Gasteiger partial charge in [0.25, 0.3) is 0 Å². The van der Waals surface area contributed by atoms with E-state index in [4.69, 9.17) is 0 Å². The molecule has 0 saturated heterocycles. The van der Waals surface area contributed by atoms with Gasteiger partial charge in [0.15, 0.2) is 5.16 Å². The lowest BCUT2D eigenvalue weighted by molar-refractivity contribution is -0.113. The molecule has 1 heterocycles. The van der Waals surface area contributed by atoms with Crippen molar-refractivity contribution in [2.45, 2.75) is 23.4 Å². The molecule has 0 saturated carbocycles. The maximum absolute atomic E-state index is 12.4. The molecular weight excluding hydrogens is 364 g/mol. The quantitative estimate of drug-likeness (QED) is 0.616. The predicted molar refractivity (Wildman–Crippen MR) is 108 cm³/mol. The van der Waals surface area contributed by atoms with E-state index in [1.165, 1.54) is 11.8 Å². The first-order chi connectivity index (χ1) is 12.7. The number of thioether (sulfide) groups is 2. The molecule has 0 spiro atoms. The Bertz CT molecular complexity index is 880. The van der Waals surface area contributed by atoms with Crippen LogP contribution in [0.4, 0.5) is 5.69 Å². The largest absolute Gasteiger partial charge is 0.324 e. The molecule has 0 aliphatic rings. The van der Waals surface area contributed by atoms with Crippen molar-refractivity contribution < 1.29 is 4.79 Å². The molecule has 0 fully saturated rings. The molecule has 0 bridgehead atoms. The third-order valence-corrected chi connectivity index (χ3v) is 5.47. The van der Waals surface area contributed by atoms with Gasteiger partial charge in [0.05, 0.1) is 11.4 Å². The monoisotopic (exact) mass is 384 g/mol. The van der Waals surface area contributed by atoms with Gasteiger partial charge in [-0.3, -0.25) is 9.36 Å². The van der Waals surface area contributed by atoms with Crippen molar-refractivity contribution in [3.05, 3.63) is 60.4 Å². The van der Waals surface area contributed by atoms with Gasteiger partial charge < -0.3 is 5.32 Å². The Morgan fingerprint density at radius 3 is 2.54 bits per heavy atom. The minimum absolute atomic E-state index is 0.0582. The zero-order valence-electron chi connectivity index (χ0n) is 14.7. The van der Waals surface area contributed by atoms with Gasteiger partial charge in [-0.15, -0.1) is 22.0 Å². The molecule has 26 heavy (non-hydrogen) atoms. The first-order valence-electron chi connectivity index (χ1n) is 8.28. The molecule has 7 heteroatoms. The third-order valence-electron chi connectivity index (χ3n) is 3.74. The number of nitrogens with zero attached hydrogens (tertiary/aromatic N) is 3. The van der Waals surface area contributed by atoms with Crippen LogP contribution in [-0.2, 0) is 11.2 Å². The number of benzene rings is 2. The second kappa shape index (κ2) is 8.91. The van der Waals surface area contributed by atoms with Crippen LogP contribution < -0.4 is 5.32 Å². The lowest BCUT2D eigenvalue weighted by atomic mass is 10.3. The molecule has 0 aliphatic heterocycles. The maximum atomic E-state index is 12.4. The van der Waals surface area contributed by atoms with Gasteiger partial charge in [0, 0.05) is 17.0 Å². The topological polar surface area (TPSA) is 59.8 Å². The number of aromatic nitrogens is 3. The van der Waals surface area contributed by atoms with Crippen LogP contribution in [-0.4, -0.2) is 32.7 Å². The summed E-state index contributed by atoms with van der Waals surface area (Å²) < 4.78 is 2.01. The van der Waals surface area contributed by atoms with Crippen molar-refractivity contribution in [2.75, 3.05) is 17.3 Å². The Labute approximate surface area is 161 Å². The molecule has 134 valence electrons. The maximum Gasteiger partial charge on any atom is 0.234 e. The van der Waals surface area contributed by atoms with Crippen molar-refractivity contribution in [1.82, 2.24) is 14.8 Å². The van der Waals surface area contributed by atoms with E-state index in [1.54, 1.807) is 11.8 Å². The van der Waals surface area contributed by atoms with Gasteiger partial charge in [-0.2, -0.15) is 0 Å². The van der Waals surface area contributed by atoms with Crippen molar-refractivity contribution >= 4 is 35.1 Å². The molecular formula is C19H20N4OS2. The second-order valence-electron chi connectivity index (χ2n) is 5.46. The number of anilines is 1. The smallest absolute Gasteiger partial charge is 0.234 e. The molecule has 1 amide bonds. The van der Waals surface area contributed by atoms with Crippen LogP contribution in [0.3, 0.4) is 0 Å². The minimum Gasteiger partial charge on any atom is -0.324 e. The second-order valence-corrected chi connectivity index (χ2v) is 7.25. The predicted octanol–water partition coefficient (Wildman–Crippen LogP) is 4.28. The van der Waals surface area contributed by atoms with E-state index in [-0.39, 0.29) is 11.7 Å². The number of hydrogen-bond donors (Lipinski definition) is 1. The Morgan fingerprint density at radius 2 is 1.81 bits per heavy atom. The number of hydrogen-bond acceptors (Lipinski definition) is 5. The Hall–Kier alpha value is -2.25. The van der Waals surface area contributed by atoms with Gasteiger partial charge in [0.1, 0.15) is 5.82 Å². The summed E-state index contributed by atoms with van der Waals surface area (Å²) in [5, 5.41) is 12.2. The number of amides is 1. The summed E-state index contributed by atoms with van der Waals surface area (Å²) in [6.07, 6.45) is 2.77. The molecule has 0 radical (unpaired) electrons. The fraction of sp³-hybridized carbons (Fsp3) is 0.211. The van der Waals surface area contributed by atoms with E-state index in [0.29, 0.717) is 0 Å².